The maximum absolute atomic E-state index is 15.1. The molecule has 1 aromatic carbocycles. The fraction of sp³-hybridized carbons (Fsp3) is 0.375. The minimum atomic E-state index is -4.25. The van der Waals surface area contributed by atoms with Crippen LogP contribution >= 0.6 is 0 Å². The maximum Gasteiger partial charge on any atom is 0.326 e. The summed E-state index contributed by atoms with van der Waals surface area (Å²) in [4.78, 5) is 15.7. The molecule has 144 valence electrons. The number of phenols is 1. The van der Waals surface area contributed by atoms with E-state index in [-0.39, 0.29) is 11.6 Å². The molecular formula is C16H17FN4O5S. The molecule has 3 heterocycles. The van der Waals surface area contributed by atoms with Crippen LogP contribution in [0.3, 0.4) is 0 Å². The zero-order valence-electron chi connectivity index (χ0n) is 14.1. The standard InChI is InChI=1S/C16H17FN4O5S/c17-15-11(12-7-20(9-18-12)10-3-5-26-6-4-10)1-2-13(22)16(15)21-8-14(23)19-27(21,24)25/h1-2,7,9-10,22H,3-6,8H2,(H,19,23). The van der Waals surface area contributed by atoms with Gasteiger partial charge in [0.2, 0.25) is 0 Å². The minimum absolute atomic E-state index is 0.0307. The first-order valence-corrected chi connectivity index (χ1v) is 9.77. The number of carbonyl (C=O) groups excluding carboxylic acids is 1. The lowest BCUT2D eigenvalue weighted by molar-refractivity contribution is -0.117. The molecule has 9 nitrogen and oxygen atoms in total. The Hall–Kier alpha value is -2.66. The van der Waals surface area contributed by atoms with Gasteiger partial charge in [-0.2, -0.15) is 8.42 Å². The summed E-state index contributed by atoms with van der Waals surface area (Å²) in [6.45, 7) is 0.681. The number of halogens is 1. The molecule has 2 aromatic rings. The molecule has 2 N–H and O–H groups in total. The Morgan fingerprint density at radius 3 is 2.70 bits per heavy atom. The molecule has 0 unspecified atom stereocenters. The van der Waals surface area contributed by atoms with Crippen molar-refractivity contribution >= 4 is 21.8 Å². The van der Waals surface area contributed by atoms with Gasteiger partial charge in [-0.15, -0.1) is 0 Å². The first-order valence-electron chi connectivity index (χ1n) is 8.33. The van der Waals surface area contributed by atoms with Crippen molar-refractivity contribution in [2.75, 3.05) is 24.1 Å². The van der Waals surface area contributed by atoms with E-state index >= 15 is 4.39 Å². The van der Waals surface area contributed by atoms with Gasteiger partial charge < -0.3 is 14.4 Å². The average molecular weight is 396 g/mol. The highest BCUT2D eigenvalue weighted by Crippen LogP contribution is 2.38. The number of hydrogen-bond donors (Lipinski definition) is 2. The lowest BCUT2D eigenvalue weighted by Crippen LogP contribution is -2.30. The molecule has 0 atom stereocenters. The summed E-state index contributed by atoms with van der Waals surface area (Å²) in [5, 5.41) is 10.0. The number of ether oxygens (including phenoxy) is 1. The highest BCUT2D eigenvalue weighted by molar-refractivity contribution is 7.92. The number of carbonyl (C=O) groups is 1. The molecule has 0 radical (unpaired) electrons. The van der Waals surface area contributed by atoms with E-state index in [1.54, 1.807) is 17.2 Å². The number of phenolic OH excluding ortho intramolecular Hbond substituents is 1. The van der Waals surface area contributed by atoms with Crippen LogP contribution in [0.4, 0.5) is 10.1 Å². The molecule has 1 aromatic heterocycles. The van der Waals surface area contributed by atoms with Crippen LogP contribution in [-0.2, 0) is 19.7 Å². The van der Waals surface area contributed by atoms with Crippen LogP contribution in [0, 0.1) is 5.82 Å². The van der Waals surface area contributed by atoms with Gasteiger partial charge in [-0.25, -0.2) is 18.4 Å². The molecule has 0 spiro atoms. The number of imidazole rings is 1. The van der Waals surface area contributed by atoms with Gasteiger partial charge in [-0.05, 0) is 25.0 Å². The van der Waals surface area contributed by atoms with Gasteiger partial charge >= 0.3 is 10.2 Å². The minimum Gasteiger partial charge on any atom is -0.506 e. The van der Waals surface area contributed by atoms with Gasteiger partial charge in [0.1, 0.15) is 18.0 Å². The molecule has 2 saturated heterocycles. The molecule has 0 saturated carbocycles. The van der Waals surface area contributed by atoms with Crippen molar-refractivity contribution in [3.8, 4) is 17.0 Å². The highest BCUT2D eigenvalue weighted by Gasteiger charge is 2.38. The van der Waals surface area contributed by atoms with E-state index in [1.807, 2.05) is 4.57 Å². The predicted octanol–water partition coefficient (Wildman–Crippen LogP) is 0.927. The van der Waals surface area contributed by atoms with Crippen LogP contribution in [0.2, 0.25) is 0 Å². The van der Waals surface area contributed by atoms with Crippen molar-refractivity contribution in [1.29, 1.82) is 0 Å². The van der Waals surface area contributed by atoms with Crippen molar-refractivity contribution < 1.29 is 27.4 Å². The fourth-order valence-corrected chi connectivity index (χ4v) is 4.46. The molecule has 4 rings (SSSR count). The Kier molecular flexibility index (Phi) is 4.27. The number of benzene rings is 1. The Morgan fingerprint density at radius 1 is 1.30 bits per heavy atom. The van der Waals surface area contributed by atoms with E-state index in [9.17, 15) is 18.3 Å². The smallest absolute Gasteiger partial charge is 0.326 e. The maximum atomic E-state index is 15.1. The lowest BCUT2D eigenvalue weighted by Gasteiger charge is -2.23. The monoisotopic (exact) mass is 396 g/mol. The zero-order valence-corrected chi connectivity index (χ0v) is 14.9. The molecule has 11 heteroatoms. The van der Waals surface area contributed by atoms with Crippen LogP contribution in [0.5, 0.6) is 5.75 Å². The number of amides is 1. The van der Waals surface area contributed by atoms with Gasteiger partial charge in [0.15, 0.2) is 5.82 Å². The second-order valence-electron chi connectivity index (χ2n) is 6.38. The topological polar surface area (TPSA) is 114 Å². The van der Waals surface area contributed by atoms with E-state index in [0.717, 1.165) is 12.8 Å². The summed E-state index contributed by atoms with van der Waals surface area (Å²) in [5.41, 5.74) is -0.245. The van der Waals surface area contributed by atoms with Crippen LogP contribution < -0.4 is 9.03 Å². The highest BCUT2D eigenvalue weighted by atomic mass is 32.2. The van der Waals surface area contributed by atoms with Gasteiger partial charge in [0.25, 0.3) is 5.91 Å². The molecular weight excluding hydrogens is 379 g/mol. The molecule has 2 aliphatic heterocycles. The largest absolute Gasteiger partial charge is 0.506 e. The number of anilines is 1. The lowest BCUT2D eigenvalue weighted by atomic mass is 10.1. The summed E-state index contributed by atoms with van der Waals surface area (Å²) in [6.07, 6.45) is 4.91. The number of nitrogens with zero attached hydrogens (tertiary/aromatic N) is 3. The van der Waals surface area contributed by atoms with Crippen molar-refractivity contribution in [1.82, 2.24) is 14.3 Å². The summed E-state index contributed by atoms with van der Waals surface area (Å²) < 4.78 is 48.6. The third-order valence-electron chi connectivity index (χ3n) is 4.65. The van der Waals surface area contributed by atoms with E-state index in [4.69, 9.17) is 4.74 Å². The number of rotatable bonds is 3. The van der Waals surface area contributed by atoms with E-state index in [0.29, 0.717) is 23.2 Å². The third-order valence-corrected chi connectivity index (χ3v) is 6.03. The average Bonchev–Trinajstić information content (AvgIpc) is 3.20. The van der Waals surface area contributed by atoms with E-state index in [1.165, 1.54) is 12.1 Å². The van der Waals surface area contributed by atoms with E-state index < -0.39 is 39.9 Å². The molecule has 0 aliphatic carbocycles. The molecule has 0 bridgehead atoms. The molecule has 27 heavy (non-hydrogen) atoms. The van der Waals surface area contributed by atoms with Gasteiger partial charge in [-0.1, -0.05) is 0 Å². The summed E-state index contributed by atoms with van der Waals surface area (Å²) >= 11 is 0. The zero-order chi connectivity index (χ0) is 19.2. The number of nitrogens with one attached hydrogen (secondary N) is 1. The number of aromatic nitrogens is 2. The third kappa shape index (κ3) is 3.12. The van der Waals surface area contributed by atoms with Crippen LogP contribution in [0.25, 0.3) is 11.3 Å². The van der Waals surface area contributed by atoms with Crippen LogP contribution in [0.15, 0.2) is 24.7 Å². The second-order valence-corrected chi connectivity index (χ2v) is 7.98. The number of hydrogen-bond acceptors (Lipinski definition) is 6. The van der Waals surface area contributed by atoms with Crippen molar-refractivity contribution in [3.63, 3.8) is 0 Å². The fourth-order valence-electron chi connectivity index (χ4n) is 3.29. The first kappa shape index (κ1) is 17.7. The quantitative estimate of drug-likeness (QED) is 0.798. The number of aromatic hydroxyl groups is 1. The van der Waals surface area contributed by atoms with Crippen LogP contribution in [-0.4, -0.2) is 48.7 Å². The summed E-state index contributed by atoms with van der Waals surface area (Å²) in [6, 6.07) is 2.70. The summed E-state index contributed by atoms with van der Waals surface area (Å²) in [7, 11) is -4.25. The van der Waals surface area contributed by atoms with Crippen molar-refractivity contribution in [3.05, 3.63) is 30.5 Å². The molecule has 2 fully saturated rings. The van der Waals surface area contributed by atoms with E-state index in [2.05, 4.69) is 4.98 Å². The van der Waals surface area contributed by atoms with Crippen molar-refractivity contribution in [2.45, 2.75) is 18.9 Å². The summed E-state index contributed by atoms with van der Waals surface area (Å²) in [5.74, 6) is -2.35. The van der Waals surface area contributed by atoms with Gasteiger partial charge in [-0.3, -0.25) is 4.79 Å². The van der Waals surface area contributed by atoms with Gasteiger partial charge in [0, 0.05) is 31.0 Å². The Bertz CT molecular complexity index is 1000. The second kappa shape index (κ2) is 6.50. The predicted molar refractivity (Wildman–Crippen MR) is 92.8 cm³/mol. The Labute approximate surface area is 154 Å². The normalized spacial score (nSPS) is 20.0. The van der Waals surface area contributed by atoms with Crippen LogP contribution in [0.1, 0.15) is 18.9 Å². The first-order chi connectivity index (χ1) is 12.9. The van der Waals surface area contributed by atoms with Crippen molar-refractivity contribution in [2.24, 2.45) is 0 Å². The Morgan fingerprint density at radius 2 is 2.04 bits per heavy atom. The van der Waals surface area contributed by atoms with Gasteiger partial charge in [0.05, 0.1) is 12.0 Å². The SMILES string of the molecule is O=C1CN(c2c(O)ccc(-c3cn(C4CCOCC4)cn3)c2F)S(=O)(=O)N1. The molecule has 2 aliphatic rings. The molecule has 1 amide bonds. The Balaban J connectivity index is 1.73.